The van der Waals surface area contributed by atoms with E-state index in [2.05, 4.69) is 10.5 Å². The highest BCUT2D eigenvalue weighted by Gasteiger charge is 2.20. The summed E-state index contributed by atoms with van der Waals surface area (Å²) in [5.74, 6) is 0.557. The van der Waals surface area contributed by atoms with Gasteiger partial charge in [0.25, 0.3) is 0 Å². The van der Waals surface area contributed by atoms with Gasteiger partial charge in [0.2, 0.25) is 0 Å². The van der Waals surface area contributed by atoms with Crippen molar-refractivity contribution >= 4 is 5.97 Å². The Kier molecular flexibility index (Phi) is 8.91. The van der Waals surface area contributed by atoms with E-state index in [1.807, 2.05) is 51.1 Å². The first-order chi connectivity index (χ1) is 14.5. The van der Waals surface area contributed by atoms with E-state index >= 15 is 0 Å². The van der Waals surface area contributed by atoms with E-state index in [0.717, 1.165) is 11.3 Å². The Balaban J connectivity index is 2.07. The zero-order chi connectivity index (χ0) is 21.9. The Bertz CT molecular complexity index is 894. The number of benzene rings is 1. The van der Waals surface area contributed by atoms with Gasteiger partial charge in [0.15, 0.2) is 11.3 Å². The summed E-state index contributed by atoms with van der Waals surface area (Å²) in [5, 5.41) is 16.7. The maximum Gasteiger partial charge on any atom is 0.350 e. The quantitative estimate of drug-likeness (QED) is 0.258. The number of hydrogen-bond donors (Lipinski definition) is 1. The van der Waals surface area contributed by atoms with Crippen LogP contribution in [0.15, 0.2) is 46.1 Å². The minimum Gasteiger partial charge on any atom is -0.497 e. The van der Waals surface area contributed by atoms with Crippen LogP contribution < -0.4 is 10.1 Å². The molecule has 0 aliphatic carbocycles. The van der Waals surface area contributed by atoms with Crippen molar-refractivity contribution < 1.29 is 23.5 Å². The van der Waals surface area contributed by atoms with Gasteiger partial charge in [-0.25, -0.2) is 4.79 Å². The van der Waals surface area contributed by atoms with Gasteiger partial charge in [0, 0.05) is 23.9 Å². The molecule has 1 aromatic heterocycles. The average molecular weight is 413 g/mol. The van der Waals surface area contributed by atoms with Crippen LogP contribution in [0.2, 0.25) is 0 Å². The zero-order valence-corrected chi connectivity index (χ0v) is 17.7. The van der Waals surface area contributed by atoms with E-state index in [9.17, 15) is 10.1 Å². The Morgan fingerprint density at radius 3 is 2.60 bits per heavy atom. The molecule has 0 fully saturated rings. The fraction of sp³-hybridized carbons (Fsp3) is 0.409. The maximum atomic E-state index is 12.3. The highest BCUT2D eigenvalue weighted by Crippen LogP contribution is 2.22. The van der Waals surface area contributed by atoms with Crippen LogP contribution in [0.3, 0.4) is 0 Å². The summed E-state index contributed by atoms with van der Waals surface area (Å²) in [7, 11) is 1.61. The minimum atomic E-state index is -0.676. The number of esters is 1. The van der Waals surface area contributed by atoms with Gasteiger partial charge >= 0.3 is 5.97 Å². The highest BCUT2D eigenvalue weighted by atomic mass is 16.6. The first-order valence-corrected chi connectivity index (χ1v) is 9.73. The molecular weight excluding hydrogens is 386 g/mol. The highest BCUT2D eigenvalue weighted by molar-refractivity contribution is 5.93. The molecule has 2 rings (SSSR count). The number of hydrogen-bond acceptors (Lipinski definition) is 8. The van der Waals surface area contributed by atoms with E-state index in [0.29, 0.717) is 23.8 Å². The molecule has 0 saturated carbocycles. The topological polar surface area (TPSA) is 107 Å². The van der Waals surface area contributed by atoms with Crippen LogP contribution in [0, 0.1) is 17.2 Å². The number of rotatable bonds is 11. The van der Waals surface area contributed by atoms with Crippen LogP contribution in [0.25, 0.3) is 11.3 Å². The molecule has 0 atom stereocenters. The third kappa shape index (κ3) is 6.36. The Labute approximate surface area is 176 Å². The van der Waals surface area contributed by atoms with Gasteiger partial charge < -0.3 is 24.1 Å². The largest absolute Gasteiger partial charge is 0.497 e. The van der Waals surface area contributed by atoms with Crippen molar-refractivity contribution in [3.8, 4) is 23.1 Å². The molecule has 0 spiro atoms. The number of ether oxygens (including phenoxy) is 3. The molecule has 0 unspecified atom stereocenters. The third-order valence-corrected chi connectivity index (χ3v) is 4.23. The van der Waals surface area contributed by atoms with Crippen LogP contribution in [0.5, 0.6) is 5.75 Å². The lowest BCUT2D eigenvalue weighted by molar-refractivity contribution is -0.140. The molecule has 8 heteroatoms. The molecule has 0 bridgehead atoms. The van der Waals surface area contributed by atoms with Crippen LogP contribution in [0.4, 0.5) is 0 Å². The Morgan fingerprint density at radius 2 is 2.00 bits per heavy atom. The van der Waals surface area contributed by atoms with Gasteiger partial charge in [-0.3, -0.25) is 0 Å². The summed E-state index contributed by atoms with van der Waals surface area (Å²) in [4.78, 5) is 12.3. The maximum absolute atomic E-state index is 12.3. The first-order valence-electron chi connectivity index (χ1n) is 9.73. The van der Waals surface area contributed by atoms with Crippen molar-refractivity contribution in [2.24, 2.45) is 5.92 Å². The van der Waals surface area contributed by atoms with Gasteiger partial charge in [0.1, 0.15) is 24.1 Å². The molecule has 1 aromatic carbocycles. The molecule has 0 amide bonds. The summed E-state index contributed by atoms with van der Waals surface area (Å²) in [6, 6.07) is 11.2. The summed E-state index contributed by atoms with van der Waals surface area (Å²) < 4.78 is 20.8. The lowest BCUT2D eigenvalue weighted by Crippen LogP contribution is -2.23. The standard InChI is InChI=1S/C22H27N3O5/c1-5-28-10-11-29-22(26)19(13-23)21(15(2)3)24-14-18-12-20(25-30-18)16-6-8-17(27-4)9-7-16/h6-9,12,15,24H,5,10-11,14H2,1-4H3/b21-19-. The summed E-state index contributed by atoms with van der Waals surface area (Å²) in [6.45, 7) is 6.81. The molecule has 1 heterocycles. The number of nitriles is 1. The molecular formula is C22H27N3O5. The van der Waals surface area contributed by atoms with E-state index in [4.69, 9.17) is 18.7 Å². The second-order valence-electron chi connectivity index (χ2n) is 6.65. The smallest absolute Gasteiger partial charge is 0.350 e. The molecule has 160 valence electrons. The third-order valence-electron chi connectivity index (χ3n) is 4.23. The normalized spacial score (nSPS) is 11.6. The van der Waals surface area contributed by atoms with Crippen LogP contribution >= 0.6 is 0 Å². The molecule has 0 radical (unpaired) electrons. The van der Waals surface area contributed by atoms with E-state index in [1.165, 1.54) is 0 Å². The van der Waals surface area contributed by atoms with Crippen molar-refractivity contribution in [3.05, 3.63) is 47.4 Å². The van der Waals surface area contributed by atoms with Crippen molar-refractivity contribution in [1.82, 2.24) is 10.5 Å². The predicted octanol–water partition coefficient (Wildman–Crippen LogP) is 3.45. The van der Waals surface area contributed by atoms with E-state index in [-0.39, 0.29) is 31.2 Å². The molecule has 30 heavy (non-hydrogen) atoms. The van der Waals surface area contributed by atoms with Gasteiger partial charge in [0.05, 0.1) is 20.3 Å². The second-order valence-corrected chi connectivity index (χ2v) is 6.65. The lowest BCUT2D eigenvalue weighted by Gasteiger charge is -2.15. The van der Waals surface area contributed by atoms with Gasteiger partial charge in [-0.2, -0.15) is 5.26 Å². The van der Waals surface area contributed by atoms with E-state index in [1.54, 1.807) is 13.2 Å². The molecule has 0 saturated heterocycles. The molecule has 2 aromatic rings. The number of nitrogens with one attached hydrogen (secondary N) is 1. The molecule has 0 aliphatic rings. The predicted molar refractivity (Wildman–Crippen MR) is 110 cm³/mol. The van der Waals surface area contributed by atoms with Crippen molar-refractivity contribution in [2.75, 3.05) is 26.9 Å². The molecule has 1 N–H and O–H groups in total. The lowest BCUT2D eigenvalue weighted by atomic mass is 10.0. The second kappa shape index (κ2) is 11.6. The van der Waals surface area contributed by atoms with Crippen LogP contribution in [0.1, 0.15) is 26.5 Å². The SMILES string of the molecule is CCOCCOC(=O)/C(C#N)=C(\NCc1cc(-c2ccc(OC)cc2)no1)C(C)C. The Morgan fingerprint density at radius 1 is 1.27 bits per heavy atom. The van der Waals surface area contributed by atoms with E-state index < -0.39 is 5.97 Å². The monoisotopic (exact) mass is 413 g/mol. The summed E-state index contributed by atoms with van der Waals surface area (Å²) in [5.41, 5.74) is 2.00. The average Bonchev–Trinajstić information content (AvgIpc) is 3.22. The van der Waals surface area contributed by atoms with Crippen LogP contribution in [-0.4, -0.2) is 38.1 Å². The number of allylic oxidation sites excluding steroid dienone is 1. The first kappa shape index (κ1) is 23.0. The fourth-order valence-corrected chi connectivity index (χ4v) is 2.68. The number of nitrogens with zero attached hydrogens (tertiary/aromatic N) is 2. The molecule has 8 nitrogen and oxygen atoms in total. The Hall–Kier alpha value is -3.31. The van der Waals surface area contributed by atoms with Crippen molar-refractivity contribution in [2.45, 2.75) is 27.3 Å². The summed E-state index contributed by atoms with van der Waals surface area (Å²) >= 11 is 0. The zero-order valence-electron chi connectivity index (χ0n) is 17.7. The fourth-order valence-electron chi connectivity index (χ4n) is 2.68. The van der Waals surface area contributed by atoms with Gasteiger partial charge in [-0.05, 0) is 37.1 Å². The van der Waals surface area contributed by atoms with Crippen molar-refractivity contribution in [3.63, 3.8) is 0 Å². The number of methoxy groups -OCH3 is 1. The summed E-state index contributed by atoms with van der Waals surface area (Å²) in [6.07, 6.45) is 0. The number of aromatic nitrogens is 1. The van der Waals surface area contributed by atoms with Crippen LogP contribution in [-0.2, 0) is 20.8 Å². The van der Waals surface area contributed by atoms with Gasteiger partial charge in [-0.1, -0.05) is 19.0 Å². The van der Waals surface area contributed by atoms with Crippen molar-refractivity contribution in [1.29, 1.82) is 5.26 Å². The minimum absolute atomic E-state index is 0.0589. The van der Waals surface area contributed by atoms with Gasteiger partial charge in [-0.15, -0.1) is 0 Å². The number of carbonyl (C=O) groups excluding carboxylic acids is 1. The molecule has 0 aliphatic heterocycles. The number of carbonyl (C=O) groups is 1.